The fourth-order valence-electron chi connectivity index (χ4n) is 2.55. The first-order valence-corrected chi connectivity index (χ1v) is 7.54. The van der Waals surface area contributed by atoms with Gasteiger partial charge in [0, 0.05) is 31.5 Å². The zero-order chi connectivity index (χ0) is 16.3. The number of carbonyl (C=O) groups is 2. The van der Waals surface area contributed by atoms with E-state index in [-0.39, 0.29) is 18.1 Å². The first-order valence-electron chi connectivity index (χ1n) is 7.54. The highest BCUT2D eigenvalue weighted by Crippen LogP contribution is 2.24. The van der Waals surface area contributed by atoms with Crippen LogP contribution < -0.4 is 0 Å². The minimum atomic E-state index is -0.468. The van der Waals surface area contributed by atoms with Crippen molar-refractivity contribution in [2.75, 3.05) is 20.2 Å². The van der Waals surface area contributed by atoms with Gasteiger partial charge in [-0.1, -0.05) is 0 Å². The molecule has 1 fully saturated rings. The number of amides is 1. The van der Waals surface area contributed by atoms with Crippen LogP contribution in [0, 0.1) is 0 Å². The highest BCUT2D eigenvalue weighted by Gasteiger charge is 2.27. The fraction of sp³-hybridized carbons (Fsp3) is 0.625. The smallest absolute Gasteiger partial charge is 0.410 e. The van der Waals surface area contributed by atoms with Gasteiger partial charge in [-0.3, -0.25) is 0 Å². The molecule has 0 spiro atoms. The van der Waals surface area contributed by atoms with Gasteiger partial charge in [-0.25, -0.2) is 9.59 Å². The maximum Gasteiger partial charge on any atom is 0.410 e. The molecule has 0 unspecified atom stereocenters. The summed E-state index contributed by atoms with van der Waals surface area (Å²) in [7, 11) is 1.37. The molecule has 2 heterocycles. The van der Waals surface area contributed by atoms with Crippen LogP contribution >= 0.6 is 0 Å². The van der Waals surface area contributed by atoms with E-state index in [0.717, 1.165) is 12.8 Å². The zero-order valence-electron chi connectivity index (χ0n) is 13.7. The first-order chi connectivity index (χ1) is 10.3. The second kappa shape index (κ2) is 6.42. The van der Waals surface area contributed by atoms with Gasteiger partial charge < -0.3 is 18.9 Å². The minimum Gasteiger partial charge on any atom is -0.465 e. The third-order valence-corrected chi connectivity index (χ3v) is 3.67. The Bertz CT molecular complexity index is 537. The molecule has 6 nitrogen and oxygen atoms in total. The fourth-order valence-corrected chi connectivity index (χ4v) is 2.55. The normalized spacial score (nSPS) is 16.5. The molecule has 2 rings (SSSR count). The monoisotopic (exact) mass is 308 g/mol. The van der Waals surface area contributed by atoms with Gasteiger partial charge in [0.2, 0.25) is 0 Å². The molecule has 0 aliphatic carbocycles. The van der Waals surface area contributed by atoms with Gasteiger partial charge in [0.05, 0.1) is 12.7 Å². The second-order valence-electron chi connectivity index (χ2n) is 6.54. The molecular weight excluding hydrogens is 284 g/mol. The van der Waals surface area contributed by atoms with Gasteiger partial charge in [-0.05, 0) is 39.7 Å². The summed E-state index contributed by atoms with van der Waals surface area (Å²) >= 11 is 0. The summed E-state index contributed by atoms with van der Waals surface area (Å²) in [6.45, 7) is 6.92. The van der Waals surface area contributed by atoms with Crippen molar-refractivity contribution in [1.82, 2.24) is 9.47 Å². The van der Waals surface area contributed by atoms with Crippen LogP contribution in [0.1, 0.15) is 50.0 Å². The van der Waals surface area contributed by atoms with Crippen molar-refractivity contribution in [3.8, 4) is 0 Å². The number of hydrogen-bond acceptors (Lipinski definition) is 4. The maximum atomic E-state index is 12.0. The van der Waals surface area contributed by atoms with E-state index in [1.54, 1.807) is 17.2 Å². The Kier molecular flexibility index (Phi) is 4.78. The largest absolute Gasteiger partial charge is 0.465 e. The molecule has 0 saturated carbocycles. The summed E-state index contributed by atoms with van der Waals surface area (Å²) in [5.74, 6) is -0.329. The molecule has 0 bridgehead atoms. The molecule has 1 aromatic rings. The standard InChI is InChI=1S/C16H24N2O4/c1-16(2,3)22-15(20)17-9-6-13(7-10-17)18-8-5-12(11-18)14(19)21-4/h5,8,11,13H,6-7,9-10H2,1-4H3. The lowest BCUT2D eigenvalue weighted by molar-refractivity contribution is 0.0188. The van der Waals surface area contributed by atoms with Gasteiger partial charge in [-0.15, -0.1) is 0 Å². The molecule has 1 amide bonds. The number of piperidine rings is 1. The van der Waals surface area contributed by atoms with Crippen LogP contribution in [0.15, 0.2) is 18.5 Å². The Morgan fingerprint density at radius 3 is 2.41 bits per heavy atom. The number of aromatic nitrogens is 1. The van der Waals surface area contributed by atoms with Crippen LogP contribution in [0.25, 0.3) is 0 Å². The van der Waals surface area contributed by atoms with Crippen molar-refractivity contribution in [1.29, 1.82) is 0 Å². The molecule has 0 aromatic carbocycles. The summed E-state index contributed by atoms with van der Waals surface area (Å²) in [6, 6.07) is 2.05. The van der Waals surface area contributed by atoms with E-state index in [1.807, 2.05) is 31.5 Å². The highest BCUT2D eigenvalue weighted by molar-refractivity contribution is 5.89. The van der Waals surface area contributed by atoms with Crippen LogP contribution in [0.3, 0.4) is 0 Å². The molecular formula is C16H24N2O4. The van der Waals surface area contributed by atoms with E-state index in [4.69, 9.17) is 9.47 Å². The molecule has 1 aliphatic heterocycles. The summed E-state index contributed by atoms with van der Waals surface area (Å²) in [5, 5.41) is 0. The van der Waals surface area contributed by atoms with Gasteiger partial charge >= 0.3 is 12.1 Å². The SMILES string of the molecule is COC(=O)c1ccn(C2CCN(C(=O)OC(C)(C)C)CC2)c1. The number of nitrogens with zero attached hydrogens (tertiary/aromatic N) is 2. The van der Waals surface area contributed by atoms with E-state index in [0.29, 0.717) is 18.7 Å². The molecule has 22 heavy (non-hydrogen) atoms. The topological polar surface area (TPSA) is 60.8 Å². The van der Waals surface area contributed by atoms with E-state index < -0.39 is 5.60 Å². The number of hydrogen-bond donors (Lipinski definition) is 0. The molecule has 1 aromatic heterocycles. The van der Waals surface area contributed by atoms with E-state index >= 15 is 0 Å². The van der Waals surface area contributed by atoms with Crippen molar-refractivity contribution in [3.63, 3.8) is 0 Å². The predicted molar refractivity (Wildman–Crippen MR) is 81.8 cm³/mol. The van der Waals surface area contributed by atoms with Crippen LogP contribution in [-0.2, 0) is 9.47 Å². The lowest BCUT2D eigenvalue weighted by Gasteiger charge is -2.34. The quantitative estimate of drug-likeness (QED) is 0.788. The van der Waals surface area contributed by atoms with Crippen molar-refractivity contribution < 1.29 is 19.1 Å². The molecule has 1 saturated heterocycles. The Balaban J connectivity index is 1.91. The second-order valence-corrected chi connectivity index (χ2v) is 6.54. The summed E-state index contributed by atoms with van der Waals surface area (Å²) < 4.78 is 12.1. The van der Waals surface area contributed by atoms with E-state index in [1.165, 1.54) is 7.11 Å². The van der Waals surface area contributed by atoms with Crippen molar-refractivity contribution in [3.05, 3.63) is 24.0 Å². The van der Waals surface area contributed by atoms with Crippen LogP contribution in [0.4, 0.5) is 4.79 Å². The summed E-state index contributed by atoms with van der Waals surface area (Å²) in [4.78, 5) is 25.2. The van der Waals surface area contributed by atoms with Crippen molar-refractivity contribution in [2.24, 2.45) is 0 Å². The number of ether oxygens (including phenoxy) is 2. The average molecular weight is 308 g/mol. The number of likely N-dealkylation sites (tertiary alicyclic amines) is 1. The van der Waals surface area contributed by atoms with Gasteiger partial charge in [-0.2, -0.15) is 0 Å². The van der Waals surface area contributed by atoms with Crippen LogP contribution in [0.2, 0.25) is 0 Å². The molecule has 1 aliphatic rings. The lowest BCUT2D eigenvalue weighted by Crippen LogP contribution is -2.42. The molecule has 6 heteroatoms. The third kappa shape index (κ3) is 4.02. The molecule has 122 valence electrons. The van der Waals surface area contributed by atoms with Crippen molar-refractivity contribution >= 4 is 12.1 Å². The van der Waals surface area contributed by atoms with Crippen LogP contribution in [-0.4, -0.2) is 47.3 Å². The Labute approximate surface area is 131 Å². The Morgan fingerprint density at radius 1 is 1.23 bits per heavy atom. The van der Waals surface area contributed by atoms with Gasteiger partial charge in [0.1, 0.15) is 5.60 Å². The minimum absolute atomic E-state index is 0.256. The number of esters is 1. The number of carbonyl (C=O) groups excluding carboxylic acids is 2. The van der Waals surface area contributed by atoms with Gasteiger partial charge in [0.25, 0.3) is 0 Å². The molecule has 0 radical (unpaired) electrons. The highest BCUT2D eigenvalue weighted by atomic mass is 16.6. The molecule has 0 N–H and O–H groups in total. The lowest BCUT2D eigenvalue weighted by atomic mass is 10.1. The first kappa shape index (κ1) is 16.4. The predicted octanol–water partition coefficient (Wildman–Crippen LogP) is 2.85. The van der Waals surface area contributed by atoms with Crippen molar-refractivity contribution in [2.45, 2.75) is 45.3 Å². The van der Waals surface area contributed by atoms with Crippen LogP contribution in [0.5, 0.6) is 0 Å². The number of rotatable bonds is 2. The average Bonchev–Trinajstić information content (AvgIpc) is 2.94. The van der Waals surface area contributed by atoms with Gasteiger partial charge in [0.15, 0.2) is 0 Å². The van der Waals surface area contributed by atoms with E-state index in [2.05, 4.69) is 0 Å². The maximum absolute atomic E-state index is 12.0. The molecule has 0 atom stereocenters. The zero-order valence-corrected chi connectivity index (χ0v) is 13.7. The van der Waals surface area contributed by atoms with E-state index in [9.17, 15) is 9.59 Å². The number of methoxy groups -OCH3 is 1. The summed E-state index contributed by atoms with van der Waals surface area (Å²) in [6.07, 6.45) is 5.12. The summed E-state index contributed by atoms with van der Waals surface area (Å²) in [5.41, 5.74) is 0.0844. The third-order valence-electron chi connectivity index (χ3n) is 3.67. The Morgan fingerprint density at radius 2 is 1.86 bits per heavy atom. The Hall–Kier alpha value is -1.98.